The van der Waals surface area contributed by atoms with Crippen molar-refractivity contribution in [2.24, 2.45) is 0 Å². The Morgan fingerprint density at radius 1 is 1.11 bits per heavy atom. The van der Waals surface area contributed by atoms with Gasteiger partial charge in [0.05, 0.1) is 0 Å². The third-order valence-corrected chi connectivity index (χ3v) is 3.33. The highest BCUT2D eigenvalue weighted by Crippen LogP contribution is 2.30. The van der Waals surface area contributed by atoms with E-state index < -0.39 is 0 Å². The molecule has 102 valence electrons. The Labute approximate surface area is 109 Å². The van der Waals surface area contributed by atoms with Gasteiger partial charge in [0.2, 0.25) is 0 Å². The Balaban J connectivity index is 2.80. The summed E-state index contributed by atoms with van der Waals surface area (Å²) in [7, 11) is 0. The van der Waals surface area contributed by atoms with Crippen molar-refractivity contribution in [3.05, 3.63) is 34.9 Å². The first kappa shape index (κ1) is 15.1. The number of halogens is 2. The van der Waals surface area contributed by atoms with Gasteiger partial charge >= 0.3 is 0 Å². The number of hydrogen-bond donors (Lipinski definition) is 1. The van der Waals surface area contributed by atoms with Crippen LogP contribution in [0.1, 0.15) is 44.7 Å². The van der Waals surface area contributed by atoms with E-state index in [0.29, 0.717) is 11.1 Å². The van der Waals surface area contributed by atoms with Crippen LogP contribution in [0.5, 0.6) is 0 Å². The van der Waals surface area contributed by atoms with Crippen LogP contribution in [0.4, 0.5) is 8.78 Å². The average molecular weight is 255 g/mol. The first-order valence-electron chi connectivity index (χ1n) is 6.55. The van der Waals surface area contributed by atoms with Crippen molar-refractivity contribution in [1.29, 1.82) is 0 Å². The summed E-state index contributed by atoms with van der Waals surface area (Å²) in [6.45, 7) is 9.36. The fourth-order valence-electron chi connectivity index (χ4n) is 2.00. The predicted octanol–water partition coefficient (Wildman–Crippen LogP) is 3.94. The van der Waals surface area contributed by atoms with Crippen molar-refractivity contribution in [3.63, 3.8) is 0 Å². The van der Waals surface area contributed by atoms with Crippen LogP contribution >= 0.6 is 0 Å². The average Bonchev–Trinajstić information content (AvgIpc) is 2.29. The molecule has 3 heteroatoms. The molecule has 0 heterocycles. The van der Waals surface area contributed by atoms with Gasteiger partial charge in [-0.3, -0.25) is 0 Å². The molecule has 0 aliphatic carbocycles. The monoisotopic (exact) mass is 255 g/mol. The zero-order valence-electron chi connectivity index (χ0n) is 11.7. The van der Waals surface area contributed by atoms with Gasteiger partial charge in [-0.25, -0.2) is 8.78 Å². The van der Waals surface area contributed by atoms with E-state index in [2.05, 4.69) is 12.2 Å². The molecule has 0 spiro atoms. The Bertz CT molecular complexity index is 400. The molecule has 0 aliphatic rings. The molecule has 0 saturated heterocycles. The molecule has 0 amide bonds. The molecule has 0 aliphatic heterocycles. The summed E-state index contributed by atoms with van der Waals surface area (Å²) in [5, 5.41) is 3.29. The SMILES string of the molecule is CCCNCCC(C)(C)c1cc(F)c(C)cc1F. The normalized spacial score (nSPS) is 11.9. The summed E-state index contributed by atoms with van der Waals surface area (Å²) in [6, 6.07) is 2.62. The van der Waals surface area contributed by atoms with E-state index in [9.17, 15) is 8.78 Å². The molecule has 0 fully saturated rings. The van der Waals surface area contributed by atoms with Crippen LogP contribution in [0.25, 0.3) is 0 Å². The summed E-state index contributed by atoms with van der Waals surface area (Å²) >= 11 is 0. The van der Waals surface area contributed by atoms with Crippen LogP contribution in [-0.4, -0.2) is 13.1 Å². The maximum Gasteiger partial charge on any atom is 0.127 e. The van der Waals surface area contributed by atoms with Gasteiger partial charge in [0.25, 0.3) is 0 Å². The van der Waals surface area contributed by atoms with E-state index in [4.69, 9.17) is 0 Å². The second-order valence-electron chi connectivity index (χ2n) is 5.47. The highest BCUT2D eigenvalue weighted by molar-refractivity contribution is 5.30. The third kappa shape index (κ3) is 3.77. The molecule has 18 heavy (non-hydrogen) atoms. The lowest BCUT2D eigenvalue weighted by molar-refractivity contribution is 0.430. The first-order valence-corrected chi connectivity index (χ1v) is 6.55. The van der Waals surface area contributed by atoms with Gasteiger partial charge in [-0.05, 0) is 61.5 Å². The minimum Gasteiger partial charge on any atom is -0.317 e. The molecule has 0 saturated carbocycles. The van der Waals surface area contributed by atoms with Crippen LogP contribution in [0, 0.1) is 18.6 Å². The smallest absolute Gasteiger partial charge is 0.127 e. The van der Waals surface area contributed by atoms with Gasteiger partial charge in [-0.2, -0.15) is 0 Å². The predicted molar refractivity (Wildman–Crippen MR) is 71.9 cm³/mol. The van der Waals surface area contributed by atoms with Gasteiger partial charge in [0, 0.05) is 0 Å². The van der Waals surface area contributed by atoms with Crippen LogP contribution in [0.3, 0.4) is 0 Å². The minimum absolute atomic E-state index is 0.311. The standard InChI is InChI=1S/C15H23F2N/c1-5-7-18-8-6-15(3,4)12-10-13(16)11(2)9-14(12)17/h9-10,18H,5-8H2,1-4H3. The van der Waals surface area contributed by atoms with Gasteiger partial charge in [0.15, 0.2) is 0 Å². The zero-order chi connectivity index (χ0) is 13.8. The highest BCUT2D eigenvalue weighted by Gasteiger charge is 2.24. The summed E-state index contributed by atoms with van der Waals surface area (Å²) < 4.78 is 27.5. The van der Waals surface area contributed by atoms with Crippen molar-refractivity contribution < 1.29 is 8.78 Å². The Kier molecular flexibility index (Phi) is 5.27. The minimum atomic E-state index is -0.362. The number of hydrogen-bond acceptors (Lipinski definition) is 1. The van der Waals surface area contributed by atoms with Crippen LogP contribution in [0.15, 0.2) is 12.1 Å². The maximum atomic E-state index is 13.9. The van der Waals surface area contributed by atoms with Gasteiger partial charge in [-0.15, -0.1) is 0 Å². The summed E-state index contributed by atoms with van der Waals surface area (Å²) in [4.78, 5) is 0. The zero-order valence-corrected chi connectivity index (χ0v) is 11.7. The van der Waals surface area contributed by atoms with Gasteiger partial charge in [0.1, 0.15) is 11.6 Å². The molecule has 1 aromatic carbocycles. The molecule has 0 aromatic heterocycles. The van der Waals surface area contributed by atoms with E-state index >= 15 is 0 Å². The fourth-order valence-corrected chi connectivity index (χ4v) is 2.00. The molecular formula is C15H23F2N. The van der Waals surface area contributed by atoms with E-state index in [1.54, 1.807) is 6.92 Å². The van der Waals surface area contributed by atoms with E-state index in [1.165, 1.54) is 12.1 Å². The first-order chi connectivity index (χ1) is 8.38. The van der Waals surface area contributed by atoms with Crippen LogP contribution < -0.4 is 5.32 Å². The molecule has 0 bridgehead atoms. The van der Waals surface area contributed by atoms with Crippen LogP contribution in [0.2, 0.25) is 0 Å². The largest absolute Gasteiger partial charge is 0.317 e. The topological polar surface area (TPSA) is 12.0 Å². The summed E-state index contributed by atoms with van der Waals surface area (Å²) in [5.74, 6) is -0.643. The van der Waals surface area contributed by atoms with E-state index in [1.807, 2.05) is 13.8 Å². The lowest BCUT2D eigenvalue weighted by Crippen LogP contribution is -2.27. The molecule has 0 unspecified atom stereocenters. The molecule has 1 aromatic rings. The Hall–Kier alpha value is -0.960. The Morgan fingerprint density at radius 2 is 1.78 bits per heavy atom. The Morgan fingerprint density at radius 3 is 2.39 bits per heavy atom. The summed E-state index contributed by atoms with van der Waals surface area (Å²) in [6.07, 6.45) is 1.86. The molecule has 0 radical (unpaired) electrons. The van der Waals surface area contributed by atoms with Gasteiger partial charge < -0.3 is 5.32 Å². The quantitative estimate of drug-likeness (QED) is 0.759. The maximum absolute atomic E-state index is 13.9. The fraction of sp³-hybridized carbons (Fsp3) is 0.600. The molecule has 0 atom stereocenters. The third-order valence-electron chi connectivity index (χ3n) is 3.33. The number of rotatable bonds is 6. The van der Waals surface area contributed by atoms with Crippen molar-refractivity contribution in [2.45, 2.75) is 46.0 Å². The number of nitrogens with one attached hydrogen (secondary N) is 1. The summed E-state index contributed by atoms with van der Waals surface area (Å²) in [5.41, 5.74) is 0.458. The van der Waals surface area contributed by atoms with Crippen molar-refractivity contribution in [1.82, 2.24) is 5.32 Å². The van der Waals surface area contributed by atoms with Crippen LogP contribution in [-0.2, 0) is 5.41 Å². The second kappa shape index (κ2) is 6.28. The number of benzene rings is 1. The lowest BCUT2D eigenvalue weighted by atomic mass is 9.81. The van der Waals surface area contributed by atoms with Crippen molar-refractivity contribution in [3.8, 4) is 0 Å². The molecule has 1 nitrogen and oxygen atoms in total. The lowest BCUT2D eigenvalue weighted by Gasteiger charge is -2.26. The number of aryl methyl sites for hydroxylation is 1. The molecule has 1 rings (SSSR count). The highest BCUT2D eigenvalue weighted by atomic mass is 19.1. The van der Waals surface area contributed by atoms with Crippen molar-refractivity contribution in [2.75, 3.05) is 13.1 Å². The van der Waals surface area contributed by atoms with Crippen molar-refractivity contribution >= 4 is 0 Å². The molecule has 1 N–H and O–H groups in total. The van der Waals surface area contributed by atoms with Gasteiger partial charge in [-0.1, -0.05) is 20.8 Å². The van der Waals surface area contributed by atoms with E-state index in [-0.39, 0.29) is 17.0 Å². The molecular weight excluding hydrogens is 232 g/mol. The second-order valence-corrected chi connectivity index (χ2v) is 5.47. The van der Waals surface area contributed by atoms with E-state index in [0.717, 1.165) is 25.9 Å².